The summed E-state index contributed by atoms with van der Waals surface area (Å²) in [5.41, 5.74) is -0.192. The van der Waals surface area contributed by atoms with Crippen LogP contribution in [0.15, 0.2) is 42.5 Å². The summed E-state index contributed by atoms with van der Waals surface area (Å²) in [7, 11) is 4.55. The van der Waals surface area contributed by atoms with E-state index in [9.17, 15) is 14.7 Å². The highest BCUT2D eigenvalue weighted by molar-refractivity contribution is 6.09. The average Bonchev–Trinajstić information content (AvgIpc) is 2.89. The van der Waals surface area contributed by atoms with Crippen LogP contribution in [0, 0.1) is 0 Å². The lowest BCUT2D eigenvalue weighted by Gasteiger charge is -2.34. The minimum Gasteiger partial charge on any atom is -0.493 e. The molecule has 2 N–H and O–H groups in total. The molecular weight excluding hydrogens is 348 g/mol. The molecule has 142 valence electrons. The van der Waals surface area contributed by atoms with Crippen LogP contribution in [0.4, 0.5) is 5.69 Å². The summed E-state index contributed by atoms with van der Waals surface area (Å²) >= 11 is 0. The number of hydrogen-bond donors (Lipinski definition) is 2. The van der Waals surface area contributed by atoms with Gasteiger partial charge in [0.2, 0.25) is 5.91 Å². The second-order valence-electron chi connectivity index (χ2n) is 6.36. The molecule has 2 aromatic carbocycles. The SMILES string of the molecule is COc1cccc([C@@H](O)[C@@]2(NC(C)=O)C(=O)N(C)c3ccccc32)c1OC. The van der Waals surface area contributed by atoms with Crippen LogP contribution in [-0.4, -0.2) is 38.2 Å². The van der Waals surface area contributed by atoms with Gasteiger partial charge < -0.3 is 24.8 Å². The number of fused-ring (bicyclic) bond motifs is 1. The predicted molar refractivity (Wildman–Crippen MR) is 99.9 cm³/mol. The molecule has 0 fully saturated rings. The number of carbonyl (C=O) groups excluding carboxylic acids is 2. The first-order valence-electron chi connectivity index (χ1n) is 8.43. The number of benzene rings is 2. The molecule has 2 aromatic rings. The van der Waals surface area contributed by atoms with Gasteiger partial charge in [-0.3, -0.25) is 9.59 Å². The predicted octanol–water partition coefficient (Wildman–Crippen LogP) is 1.75. The number of para-hydroxylation sites is 2. The lowest BCUT2D eigenvalue weighted by molar-refractivity contribution is -0.135. The van der Waals surface area contributed by atoms with E-state index in [0.29, 0.717) is 28.3 Å². The number of hydrogen-bond acceptors (Lipinski definition) is 5. The zero-order valence-electron chi connectivity index (χ0n) is 15.6. The highest BCUT2D eigenvalue weighted by Crippen LogP contribution is 2.49. The lowest BCUT2D eigenvalue weighted by Crippen LogP contribution is -2.55. The number of anilines is 1. The van der Waals surface area contributed by atoms with Gasteiger partial charge in [-0.2, -0.15) is 0 Å². The molecule has 0 saturated carbocycles. The number of rotatable bonds is 5. The van der Waals surface area contributed by atoms with Gasteiger partial charge in [-0.1, -0.05) is 30.3 Å². The number of ether oxygens (including phenoxy) is 2. The molecule has 0 unspecified atom stereocenters. The molecule has 1 heterocycles. The summed E-state index contributed by atoms with van der Waals surface area (Å²) in [6.07, 6.45) is -1.40. The van der Waals surface area contributed by atoms with Crippen molar-refractivity contribution in [3.8, 4) is 11.5 Å². The molecule has 0 aromatic heterocycles. The monoisotopic (exact) mass is 370 g/mol. The van der Waals surface area contributed by atoms with Crippen LogP contribution < -0.4 is 19.7 Å². The Kier molecular flexibility index (Phi) is 4.80. The highest BCUT2D eigenvalue weighted by Gasteiger charge is 2.56. The zero-order valence-corrected chi connectivity index (χ0v) is 15.6. The summed E-state index contributed by atoms with van der Waals surface area (Å²) in [5, 5.41) is 14.1. The quantitative estimate of drug-likeness (QED) is 0.837. The molecule has 0 saturated heterocycles. The van der Waals surface area contributed by atoms with Gasteiger partial charge in [0.15, 0.2) is 17.0 Å². The first-order valence-corrected chi connectivity index (χ1v) is 8.43. The Morgan fingerprint density at radius 1 is 1.15 bits per heavy atom. The van der Waals surface area contributed by atoms with Gasteiger partial charge in [0.1, 0.15) is 6.10 Å². The largest absolute Gasteiger partial charge is 0.493 e. The number of nitrogens with zero attached hydrogens (tertiary/aromatic N) is 1. The fraction of sp³-hybridized carbons (Fsp3) is 0.300. The second-order valence-corrected chi connectivity index (χ2v) is 6.36. The summed E-state index contributed by atoms with van der Waals surface area (Å²) in [4.78, 5) is 26.7. The van der Waals surface area contributed by atoms with Crippen LogP contribution in [-0.2, 0) is 15.1 Å². The third-order valence-corrected chi connectivity index (χ3v) is 4.84. The molecule has 27 heavy (non-hydrogen) atoms. The number of carbonyl (C=O) groups is 2. The molecule has 3 rings (SSSR count). The van der Waals surface area contributed by atoms with E-state index in [1.807, 2.05) is 0 Å². The van der Waals surface area contributed by atoms with Crippen LogP contribution in [0.5, 0.6) is 11.5 Å². The fourth-order valence-corrected chi connectivity index (χ4v) is 3.68. The molecule has 7 nitrogen and oxygen atoms in total. The third-order valence-electron chi connectivity index (χ3n) is 4.84. The van der Waals surface area contributed by atoms with Crippen LogP contribution in [0.3, 0.4) is 0 Å². The maximum absolute atomic E-state index is 13.3. The Balaban J connectivity index is 2.27. The highest BCUT2D eigenvalue weighted by atomic mass is 16.5. The fourth-order valence-electron chi connectivity index (χ4n) is 3.68. The maximum Gasteiger partial charge on any atom is 0.260 e. The van der Waals surface area contributed by atoms with Crippen molar-refractivity contribution in [3.63, 3.8) is 0 Å². The third kappa shape index (κ3) is 2.71. The van der Waals surface area contributed by atoms with Crippen molar-refractivity contribution in [1.29, 1.82) is 0 Å². The van der Waals surface area contributed by atoms with Crippen LogP contribution in [0.25, 0.3) is 0 Å². The van der Waals surface area contributed by atoms with Gasteiger partial charge in [0.05, 0.1) is 14.2 Å². The molecule has 1 aliphatic heterocycles. The smallest absolute Gasteiger partial charge is 0.260 e. The number of methoxy groups -OCH3 is 2. The van der Waals surface area contributed by atoms with Gasteiger partial charge in [-0.25, -0.2) is 0 Å². The molecule has 1 aliphatic rings. The Morgan fingerprint density at radius 2 is 1.85 bits per heavy atom. The lowest BCUT2D eigenvalue weighted by atomic mass is 9.81. The van der Waals surface area contributed by atoms with Crippen molar-refractivity contribution < 1.29 is 24.2 Å². The molecule has 0 aliphatic carbocycles. The van der Waals surface area contributed by atoms with Crippen molar-refractivity contribution in [1.82, 2.24) is 5.32 Å². The first kappa shape index (κ1) is 18.7. The van der Waals surface area contributed by atoms with Crippen LogP contribution in [0.1, 0.15) is 24.2 Å². The Hall–Kier alpha value is -3.06. The van der Waals surface area contributed by atoms with E-state index in [4.69, 9.17) is 9.47 Å². The van der Waals surface area contributed by atoms with Gasteiger partial charge in [0.25, 0.3) is 5.91 Å². The summed E-state index contributed by atoms with van der Waals surface area (Å²) in [6, 6.07) is 12.1. The second kappa shape index (κ2) is 6.92. The molecule has 2 atom stereocenters. The first-order chi connectivity index (χ1) is 12.9. The van der Waals surface area contributed by atoms with E-state index in [1.54, 1.807) is 49.5 Å². The van der Waals surface area contributed by atoms with E-state index in [2.05, 4.69) is 5.32 Å². The normalized spacial score (nSPS) is 19.4. The molecule has 7 heteroatoms. The van der Waals surface area contributed by atoms with E-state index in [0.717, 1.165) is 0 Å². The van der Waals surface area contributed by atoms with E-state index in [1.165, 1.54) is 26.0 Å². The van der Waals surface area contributed by atoms with Gasteiger partial charge >= 0.3 is 0 Å². The van der Waals surface area contributed by atoms with Gasteiger partial charge in [-0.05, 0) is 12.1 Å². The number of amides is 2. The molecule has 0 radical (unpaired) electrons. The van der Waals surface area contributed by atoms with Crippen molar-refractivity contribution in [2.24, 2.45) is 0 Å². The van der Waals surface area contributed by atoms with Crippen molar-refractivity contribution in [3.05, 3.63) is 53.6 Å². The zero-order chi connectivity index (χ0) is 19.8. The Morgan fingerprint density at radius 3 is 2.48 bits per heavy atom. The maximum atomic E-state index is 13.3. The van der Waals surface area contributed by atoms with Gasteiger partial charge in [0, 0.05) is 30.8 Å². The Bertz CT molecular complexity index is 898. The number of aliphatic hydroxyl groups excluding tert-OH is 1. The molecule has 0 spiro atoms. The summed E-state index contributed by atoms with van der Waals surface area (Å²) in [5.74, 6) is -0.151. The molecule has 0 bridgehead atoms. The van der Waals surface area contributed by atoms with E-state index < -0.39 is 23.5 Å². The van der Waals surface area contributed by atoms with Crippen LogP contribution >= 0.6 is 0 Å². The summed E-state index contributed by atoms with van der Waals surface area (Å²) < 4.78 is 10.7. The average molecular weight is 370 g/mol. The van der Waals surface area contributed by atoms with Crippen molar-refractivity contribution in [2.75, 3.05) is 26.2 Å². The van der Waals surface area contributed by atoms with E-state index in [-0.39, 0.29) is 0 Å². The van der Waals surface area contributed by atoms with Crippen LogP contribution in [0.2, 0.25) is 0 Å². The number of nitrogens with one attached hydrogen (secondary N) is 1. The molecular formula is C20H22N2O5. The molecule has 2 amide bonds. The number of aliphatic hydroxyl groups is 1. The van der Waals surface area contributed by atoms with Crippen molar-refractivity contribution in [2.45, 2.75) is 18.6 Å². The number of likely N-dealkylation sites (N-methyl/N-ethyl adjacent to an activating group) is 1. The summed E-state index contributed by atoms with van der Waals surface area (Å²) in [6.45, 7) is 1.31. The topological polar surface area (TPSA) is 88.1 Å². The van der Waals surface area contributed by atoms with Gasteiger partial charge in [-0.15, -0.1) is 0 Å². The minimum absolute atomic E-state index is 0.303. The Labute approximate surface area is 157 Å². The van der Waals surface area contributed by atoms with Crippen molar-refractivity contribution >= 4 is 17.5 Å². The standard InChI is InChI=1S/C20H22N2O5/c1-12(23)21-20(14-9-5-6-10-15(14)22(2)19(20)25)18(24)13-8-7-11-16(26-3)17(13)27-4/h5-11,18,24H,1-4H3,(H,21,23)/t18-,20-/m1/s1. The minimum atomic E-state index is -1.67. The van der Waals surface area contributed by atoms with E-state index >= 15 is 0 Å².